The summed E-state index contributed by atoms with van der Waals surface area (Å²) in [5.41, 5.74) is 7.26. The van der Waals surface area contributed by atoms with E-state index in [0.717, 1.165) is 20.9 Å². The number of hydrogen-bond acceptors (Lipinski definition) is 3. The van der Waals surface area contributed by atoms with Gasteiger partial charge in [-0.15, -0.1) is 0 Å². The van der Waals surface area contributed by atoms with E-state index in [-0.39, 0.29) is 17.9 Å². The molecule has 2 N–H and O–H groups in total. The summed E-state index contributed by atoms with van der Waals surface area (Å²) in [4.78, 5) is 11.4. The van der Waals surface area contributed by atoms with Crippen molar-refractivity contribution in [3.63, 3.8) is 0 Å². The maximum Gasteiger partial charge on any atom is 0.306 e. The van der Waals surface area contributed by atoms with Crippen LogP contribution in [-0.2, 0) is 9.53 Å². The Morgan fingerprint density at radius 2 is 2.11 bits per heavy atom. The molecule has 0 saturated carbocycles. The van der Waals surface area contributed by atoms with Crippen molar-refractivity contribution in [3.8, 4) is 0 Å². The molecule has 0 radical (unpaired) electrons. The first kappa shape index (κ1) is 16.7. The first-order chi connectivity index (χ1) is 8.93. The van der Waals surface area contributed by atoms with Crippen LogP contribution in [0.1, 0.15) is 38.3 Å². The zero-order valence-corrected chi connectivity index (χ0v) is 14.3. The number of carbonyl (C=O) groups is 1. The van der Waals surface area contributed by atoms with Crippen molar-refractivity contribution in [1.82, 2.24) is 0 Å². The number of carbonyl (C=O) groups excluding carboxylic acids is 1. The standard InChI is InChI=1S/C14H19Br2NO2/c1-3-19-14(18)7-9(2)6-13(17)11-8-10(15)4-5-12(11)16/h4-5,8-9,13H,3,6-7,17H2,1-2H3. The van der Waals surface area contributed by atoms with Crippen molar-refractivity contribution < 1.29 is 9.53 Å². The minimum Gasteiger partial charge on any atom is -0.466 e. The van der Waals surface area contributed by atoms with Crippen molar-refractivity contribution in [1.29, 1.82) is 0 Å². The normalized spacial score (nSPS) is 13.9. The molecule has 1 aromatic rings. The van der Waals surface area contributed by atoms with Crippen molar-refractivity contribution in [2.24, 2.45) is 11.7 Å². The van der Waals surface area contributed by atoms with Crippen LogP contribution in [0, 0.1) is 5.92 Å². The van der Waals surface area contributed by atoms with E-state index in [4.69, 9.17) is 10.5 Å². The Morgan fingerprint density at radius 3 is 2.74 bits per heavy atom. The average Bonchev–Trinajstić information content (AvgIpc) is 2.32. The minimum absolute atomic E-state index is 0.101. The largest absolute Gasteiger partial charge is 0.466 e. The molecule has 0 fully saturated rings. The van der Waals surface area contributed by atoms with E-state index >= 15 is 0 Å². The lowest BCUT2D eigenvalue weighted by molar-refractivity contribution is -0.144. The van der Waals surface area contributed by atoms with Gasteiger partial charge < -0.3 is 10.5 Å². The van der Waals surface area contributed by atoms with Crippen LogP contribution in [0.25, 0.3) is 0 Å². The molecule has 0 spiro atoms. The molecule has 1 rings (SSSR count). The zero-order valence-electron chi connectivity index (χ0n) is 11.2. The van der Waals surface area contributed by atoms with Gasteiger partial charge >= 0.3 is 5.97 Å². The van der Waals surface area contributed by atoms with Gasteiger partial charge in [0, 0.05) is 21.4 Å². The van der Waals surface area contributed by atoms with Crippen LogP contribution in [-0.4, -0.2) is 12.6 Å². The Morgan fingerprint density at radius 1 is 1.42 bits per heavy atom. The van der Waals surface area contributed by atoms with E-state index in [9.17, 15) is 4.79 Å². The minimum atomic E-state index is -0.157. The maximum absolute atomic E-state index is 11.4. The molecular weight excluding hydrogens is 374 g/mol. The third kappa shape index (κ3) is 5.63. The first-order valence-electron chi connectivity index (χ1n) is 6.30. The van der Waals surface area contributed by atoms with Crippen LogP contribution in [0.15, 0.2) is 27.1 Å². The molecule has 19 heavy (non-hydrogen) atoms. The van der Waals surface area contributed by atoms with E-state index < -0.39 is 0 Å². The van der Waals surface area contributed by atoms with Gasteiger partial charge in [0.2, 0.25) is 0 Å². The number of rotatable bonds is 6. The highest BCUT2D eigenvalue weighted by Crippen LogP contribution is 2.29. The number of ether oxygens (including phenoxy) is 1. The fourth-order valence-corrected chi connectivity index (χ4v) is 2.87. The lowest BCUT2D eigenvalue weighted by Crippen LogP contribution is -2.17. The lowest BCUT2D eigenvalue weighted by Gasteiger charge is -2.18. The van der Waals surface area contributed by atoms with Gasteiger partial charge in [-0.1, -0.05) is 38.8 Å². The summed E-state index contributed by atoms with van der Waals surface area (Å²) >= 11 is 6.95. The number of esters is 1. The van der Waals surface area contributed by atoms with Gasteiger partial charge in [-0.3, -0.25) is 4.79 Å². The zero-order chi connectivity index (χ0) is 14.4. The summed E-state index contributed by atoms with van der Waals surface area (Å²) in [7, 11) is 0. The Hall–Kier alpha value is -0.390. The van der Waals surface area contributed by atoms with E-state index in [1.165, 1.54) is 0 Å². The highest BCUT2D eigenvalue weighted by molar-refractivity contribution is 9.11. The molecule has 0 bridgehead atoms. The molecular formula is C14H19Br2NO2. The molecule has 1 aromatic carbocycles. The van der Waals surface area contributed by atoms with Crippen LogP contribution < -0.4 is 5.73 Å². The van der Waals surface area contributed by atoms with Crippen LogP contribution in [0.2, 0.25) is 0 Å². The van der Waals surface area contributed by atoms with Gasteiger partial charge in [-0.25, -0.2) is 0 Å². The van der Waals surface area contributed by atoms with Crippen molar-refractivity contribution in [2.75, 3.05) is 6.61 Å². The van der Waals surface area contributed by atoms with Crippen molar-refractivity contribution in [3.05, 3.63) is 32.7 Å². The predicted octanol–water partition coefficient (Wildman–Crippen LogP) is 4.19. The lowest BCUT2D eigenvalue weighted by atomic mass is 9.94. The number of hydrogen-bond donors (Lipinski definition) is 1. The topological polar surface area (TPSA) is 52.3 Å². The third-order valence-corrected chi connectivity index (χ3v) is 4.05. The fraction of sp³-hybridized carbons (Fsp3) is 0.500. The quantitative estimate of drug-likeness (QED) is 0.738. The molecule has 2 atom stereocenters. The van der Waals surface area contributed by atoms with Crippen molar-refractivity contribution >= 4 is 37.8 Å². The molecule has 106 valence electrons. The van der Waals surface area contributed by atoms with Crippen LogP contribution in [0.5, 0.6) is 0 Å². The monoisotopic (exact) mass is 391 g/mol. The van der Waals surface area contributed by atoms with Crippen LogP contribution in [0.3, 0.4) is 0 Å². The molecule has 0 aromatic heterocycles. The van der Waals surface area contributed by atoms with Crippen LogP contribution in [0.4, 0.5) is 0 Å². The Labute approximate surface area is 131 Å². The Kier molecular flexibility index (Phi) is 7.04. The van der Waals surface area contributed by atoms with E-state index in [2.05, 4.69) is 31.9 Å². The summed E-state index contributed by atoms with van der Waals surface area (Å²) in [6.07, 6.45) is 1.15. The van der Waals surface area contributed by atoms with Gasteiger partial charge in [-0.2, -0.15) is 0 Å². The van der Waals surface area contributed by atoms with Gasteiger partial charge in [0.05, 0.1) is 6.61 Å². The van der Waals surface area contributed by atoms with E-state index in [1.807, 2.05) is 32.0 Å². The van der Waals surface area contributed by atoms with Gasteiger partial charge in [0.25, 0.3) is 0 Å². The second-order valence-corrected chi connectivity index (χ2v) is 6.39. The first-order valence-corrected chi connectivity index (χ1v) is 7.88. The van der Waals surface area contributed by atoms with Gasteiger partial charge in [0.15, 0.2) is 0 Å². The molecule has 3 nitrogen and oxygen atoms in total. The molecule has 2 unspecified atom stereocenters. The third-order valence-electron chi connectivity index (χ3n) is 2.83. The predicted molar refractivity (Wildman–Crippen MR) is 83.8 cm³/mol. The Bertz CT molecular complexity index is 437. The summed E-state index contributed by atoms with van der Waals surface area (Å²) < 4.78 is 6.94. The molecule has 0 aliphatic carbocycles. The van der Waals surface area contributed by atoms with Crippen molar-refractivity contribution in [2.45, 2.75) is 32.7 Å². The summed E-state index contributed by atoms with van der Waals surface area (Å²) in [5, 5.41) is 0. The van der Waals surface area contributed by atoms with E-state index in [0.29, 0.717) is 13.0 Å². The average molecular weight is 393 g/mol. The smallest absolute Gasteiger partial charge is 0.306 e. The molecule has 0 aliphatic heterocycles. The number of halogens is 2. The second-order valence-electron chi connectivity index (χ2n) is 4.62. The molecule has 0 heterocycles. The van der Waals surface area contributed by atoms with Gasteiger partial charge in [-0.05, 0) is 43.0 Å². The fourth-order valence-electron chi connectivity index (χ4n) is 1.95. The highest BCUT2D eigenvalue weighted by atomic mass is 79.9. The molecule has 0 aliphatic rings. The molecule has 5 heteroatoms. The highest BCUT2D eigenvalue weighted by Gasteiger charge is 2.17. The summed E-state index contributed by atoms with van der Waals surface area (Å²) in [5.74, 6) is 0.0374. The molecule has 0 amide bonds. The SMILES string of the molecule is CCOC(=O)CC(C)CC(N)c1cc(Br)ccc1Br. The van der Waals surface area contributed by atoms with E-state index in [1.54, 1.807) is 0 Å². The van der Waals surface area contributed by atoms with Crippen LogP contribution >= 0.6 is 31.9 Å². The second kappa shape index (κ2) is 8.02. The number of benzene rings is 1. The Balaban J connectivity index is 2.61. The summed E-state index contributed by atoms with van der Waals surface area (Å²) in [6, 6.07) is 5.83. The molecule has 0 saturated heterocycles. The maximum atomic E-state index is 11.4. The van der Waals surface area contributed by atoms with Gasteiger partial charge in [0.1, 0.15) is 0 Å². The summed E-state index contributed by atoms with van der Waals surface area (Å²) in [6.45, 7) is 4.25. The number of nitrogens with two attached hydrogens (primary N) is 1.